The molecule has 0 saturated carbocycles. The Bertz CT molecular complexity index is 818. The van der Waals surface area contributed by atoms with Gasteiger partial charge >= 0.3 is 6.03 Å². The fraction of sp³-hybridized carbons (Fsp3) is 0.458. The second-order valence-electron chi connectivity index (χ2n) is 7.81. The zero-order valence-electron chi connectivity index (χ0n) is 18.3. The van der Waals surface area contributed by atoms with Crippen LogP contribution in [0.15, 0.2) is 48.7 Å². The second kappa shape index (κ2) is 11.9. The second-order valence-corrected chi connectivity index (χ2v) is 7.81. The van der Waals surface area contributed by atoms with Crippen molar-refractivity contribution in [2.24, 2.45) is 0 Å². The van der Waals surface area contributed by atoms with Crippen LogP contribution in [0.4, 0.5) is 10.6 Å². The number of hydrogen-bond donors (Lipinski definition) is 2. The Hall–Kier alpha value is -3.09. The fourth-order valence-electron chi connectivity index (χ4n) is 3.57. The predicted molar refractivity (Wildman–Crippen MR) is 123 cm³/mol. The van der Waals surface area contributed by atoms with Gasteiger partial charge < -0.3 is 20.4 Å². The van der Waals surface area contributed by atoms with Crippen LogP contribution in [-0.2, 0) is 6.42 Å². The summed E-state index contributed by atoms with van der Waals surface area (Å²) in [6.45, 7) is 6.29. The van der Waals surface area contributed by atoms with Crippen LogP contribution in [0.1, 0.15) is 42.1 Å². The molecular formula is C24H33N5O2. The molecule has 0 spiro atoms. The lowest BCUT2D eigenvalue weighted by Gasteiger charge is -2.35. The van der Waals surface area contributed by atoms with Crippen molar-refractivity contribution < 1.29 is 9.59 Å². The van der Waals surface area contributed by atoms with Gasteiger partial charge in [-0.25, -0.2) is 9.78 Å². The van der Waals surface area contributed by atoms with Crippen LogP contribution in [0.25, 0.3) is 0 Å². The molecule has 166 valence electrons. The fourth-order valence-corrected chi connectivity index (χ4v) is 3.57. The third-order valence-corrected chi connectivity index (χ3v) is 5.48. The Morgan fingerprint density at radius 2 is 1.68 bits per heavy atom. The van der Waals surface area contributed by atoms with Gasteiger partial charge in [-0.15, -0.1) is 0 Å². The summed E-state index contributed by atoms with van der Waals surface area (Å²) in [7, 11) is 0. The zero-order chi connectivity index (χ0) is 21.9. The molecule has 3 rings (SSSR count). The molecule has 2 aromatic rings. The topological polar surface area (TPSA) is 77.6 Å². The molecule has 0 radical (unpaired) electrons. The number of pyridine rings is 1. The first kappa shape index (κ1) is 22.6. The molecule has 1 aromatic heterocycles. The normalized spacial score (nSPS) is 13.7. The summed E-state index contributed by atoms with van der Waals surface area (Å²) >= 11 is 0. The number of benzene rings is 1. The number of aryl methyl sites for hydroxylation is 1. The first-order valence-electron chi connectivity index (χ1n) is 11.2. The van der Waals surface area contributed by atoms with Crippen molar-refractivity contribution in [2.45, 2.75) is 32.6 Å². The third kappa shape index (κ3) is 6.98. The average molecular weight is 424 g/mol. The Morgan fingerprint density at radius 1 is 0.935 bits per heavy atom. The van der Waals surface area contributed by atoms with Gasteiger partial charge in [0.05, 0.1) is 5.56 Å². The first-order valence-corrected chi connectivity index (χ1v) is 11.2. The molecule has 1 aromatic carbocycles. The number of piperazine rings is 1. The highest BCUT2D eigenvalue weighted by Crippen LogP contribution is 2.14. The minimum absolute atomic E-state index is 0.0142. The molecule has 1 fully saturated rings. The van der Waals surface area contributed by atoms with Gasteiger partial charge in [0.15, 0.2) is 0 Å². The lowest BCUT2D eigenvalue weighted by Crippen LogP contribution is -2.52. The SMILES string of the molecule is CCCCNC(=O)N1CCN(c2ccc(C(=O)NCCCc3ccccc3)cn2)CC1. The van der Waals surface area contributed by atoms with Gasteiger partial charge in [0.1, 0.15) is 5.82 Å². The molecule has 31 heavy (non-hydrogen) atoms. The summed E-state index contributed by atoms with van der Waals surface area (Å²) < 4.78 is 0. The molecule has 1 saturated heterocycles. The van der Waals surface area contributed by atoms with Crippen LogP contribution in [0.2, 0.25) is 0 Å². The molecule has 0 bridgehead atoms. The van der Waals surface area contributed by atoms with Crippen molar-refractivity contribution in [3.05, 3.63) is 59.8 Å². The predicted octanol–water partition coefficient (Wildman–Crippen LogP) is 3.08. The number of nitrogens with zero attached hydrogens (tertiary/aromatic N) is 3. The van der Waals surface area contributed by atoms with E-state index in [2.05, 4.69) is 39.6 Å². The van der Waals surface area contributed by atoms with E-state index in [1.165, 1.54) is 5.56 Å². The number of aromatic nitrogens is 1. The maximum Gasteiger partial charge on any atom is 0.317 e. The van der Waals surface area contributed by atoms with E-state index in [1.807, 2.05) is 35.2 Å². The minimum Gasteiger partial charge on any atom is -0.353 e. The highest BCUT2D eigenvalue weighted by molar-refractivity contribution is 5.94. The number of amides is 3. The third-order valence-electron chi connectivity index (χ3n) is 5.48. The first-order chi connectivity index (χ1) is 15.2. The van der Waals surface area contributed by atoms with E-state index in [-0.39, 0.29) is 11.9 Å². The summed E-state index contributed by atoms with van der Waals surface area (Å²) in [6.07, 6.45) is 5.55. The van der Waals surface area contributed by atoms with Crippen molar-refractivity contribution in [1.29, 1.82) is 0 Å². The monoisotopic (exact) mass is 423 g/mol. The van der Waals surface area contributed by atoms with Gasteiger partial charge in [-0.05, 0) is 37.0 Å². The number of unbranched alkanes of at least 4 members (excludes halogenated alkanes) is 1. The summed E-state index contributed by atoms with van der Waals surface area (Å²) in [6, 6.07) is 14.0. The highest BCUT2D eigenvalue weighted by atomic mass is 16.2. The minimum atomic E-state index is -0.0966. The maximum atomic E-state index is 12.4. The molecule has 0 unspecified atom stereocenters. The Balaban J connectivity index is 1.39. The van der Waals surface area contributed by atoms with E-state index < -0.39 is 0 Å². The van der Waals surface area contributed by atoms with Crippen molar-refractivity contribution in [3.63, 3.8) is 0 Å². The van der Waals surface area contributed by atoms with E-state index in [4.69, 9.17) is 0 Å². The molecule has 2 heterocycles. The number of urea groups is 1. The molecule has 7 heteroatoms. The quantitative estimate of drug-likeness (QED) is 0.608. The van der Waals surface area contributed by atoms with Crippen LogP contribution in [0, 0.1) is 0 Å². The van der Waals surface area contributed by atoms with Crippen LogP contribution < -0.4 is 15.5 Å². The number of anilines is 1. The van der Waals surface area contributed by atoms with Crippen LogP contribution >= 0.6 is 0 Å². The van der Waals surface area contributed by atoms with Gasteiger partial charge in [-0.2, -0.15) is 0 Å². The number of nitrogens with one attached hydrogen (secondary N) is 2. The van der Waals surface area contributed by atoms with Gasteiger partial charge in [0.25, 0.3) is 5.91 Å². The van der Waals surface area contributed by atoms with Crippen LogP contribution in [-0.4, -0.2) is 61.1 Å². The molecule has 2 N–H and O–H groups in total. The number of hydrogen-bond acceptors (Lipinski definition) is 4. The van der Waals surface area contributed by atoms with Gasteiger partial charge in [0.2, 0.25) is 0 Å². The lowest BCUT2D eigenvalue weighted by atomic mass is 10.1. The smallest absolute Gasteiger partial charge is 0.317 e. The van der Waals surface area contributed by atoms with E-state index in [0.29, 0.717) is 25.2 Å². The Morgan fingerprint density at radius 3 is 2.35 bits per heavy atom. The average Bonchev–Trinajstić information content (AvgIpc) is 2.82. The molecule has 0 atom stereocenters. The van der Waals surface area contributed by atoms with Crippen LogP contribution in [0.5, 0.6) is 0 Å². The molecule has 7 nitrogen and oxygen atoms in total. The standard InChI is InChI=1S/C24H33N5O2/c1-2-3-13-26-24(31)29-17-15-28(16-18-29)22-12-11-21(19-27-22)23(30)25-14-7-10-20-8-5-4-6-9-20/h4-6,8-9,11-12,19H,2-3,7,10,13-18H2,1H3,(H,25,30)(H,26,31). The van der Waals surface area contributed by atoms with Crippen molar-refractivity contribution >= 4 is 17.8 Å². The Labute approximate surface area is 184 Å². The van der Waals surface area contributed by atoms with Crippen molar-refractivity contribution in [3.8, 4) is 0 Å². The summed E-state index contributed by atoms with van der Waals surface area (Å²) in [5, 5.41) is 5.93. The Kier molecular flexibility index (Phi) is 8.70. The molecule has 3 amide bonds. The summed E-state index contributed by atoms with van der Waals surface area (Å²) in [5.41, 5.74) is 1.85. The van der Waals surface area contributed by atoms with Gasteiger partial charge in [0, 0.05) is 45.5 Å². The zero-order valence-corrected chi connectivity index (χ0v) is 18.3. The number of rotatable bonds is 9. The summed E-state index contributed by atoms with van der Waals surface area (Å²) in [4.78, 5) is 33.0. The lowest BCUT2D eigenvalue weighted by molar-refractivity contribution is 0.0953. The molecule has 1 aliphatic rings. The molecule has 1 aliphatic heterocycles. The van der Waals surface area contributed by atoms with Crippen molar-refractivity contribution in [2.75, 3.05) is 44.2 Å². The molecular weight excluding hydrogens is 390 g/mol. The highest BCUT2D eigenvalue weighted by Gasteiger charge is 2.21. The van der Waals surface area contributed by atoms with E-state index >= 15 is 0 Å². The van der Waals surface area contributed by atoms with Gasteiger partial charge in [-0.1, -0.05) is 43.7 Å². The largest absolute Gasteiger partial charge is 0.353 e. The van der Waals surface area contributed by atoms with Crippen molar-refractivity contribution in [1.82, 2.24) is 20.5 Å². The van der Waals surface area contributed by atoms with Crippen LogP contribution in [0.3, 0.4) is 0 Å². The van der Waals surface area contributed by atoms with E-state index in [1.54, 1.807) is 6.20 Å². The number of carbonyl (C=O) groups excluding carboxylic acids is 2. The number of carbonyl (C=O) groups is 2. The summed E-state index contributed by atoms with van der Waals surface area (Å²) in [5.74, 6) is 0.743. The molecule has 0 aliphatic carbocycles. The maximum absolute atomic E-state index is 12.4. The van der Waals surface area contributed by atoms with Gasteiger partial charge in [-0.3, -0.25) is 4.79 Å². The van der Waals surface area contributed by atoms with E-state index in [0.717, 1.165) is 51.1 Å². The van der Waals surface area contributed by atoms with E-state index in [9.17, 15) is 9.59 Å².